The molecule has 0 saturated heterocycles. The van der Waals surface area contributed by atoms with Gasteiger partial charge in [-0.3, -0.25) is 0 Å². The second-order valence-electron chi connectivity index (χ2n) is 18.3. The third-order valence-corrected chi connectivity index (χ3v) is 15.0. The average Bonchev–Trinajstić information content (AvgIpc) is 3.88. The molecule has 11 aromatic rings. The van der Waals surface area contributed by atoms with Crippen LogP contribution in [0.1, 0.15) is 44.5 Å². The van der Waals surface area contributed by atoms with Crippen molar-refractivity contribution in [3.05, 3.63) is 299 Å². The number of aromatic nitrogens is 2. The molecule has 14 rings (SSSR count). The highest BCUT2D eigenvalue weighted by Gasteiger charge is 2.58. The number of hydrogen-bond acceptors (Lipinski definition) is 2. The minimum absolute atomic E-state index is 0.482. The lowest BCUT2D eigenvalue weighted by atomic mass is 9.52. The Morgan fingerprint density at radius 2 is 0.588 bits per heavy atom. The van der Waals surface area contributed by atoms with Crippen LogP contribution in [-0.2, 0) is 10.8 Å². The Labute approximate surface area is 396 Å². The highest BCUT2D eigenvalue weighted by Crippen LogP contribution is 2.67. The molecular formula is C66H42N2. The second-order valence-corrected chi connectivity index (χ2v) is 18.3. The Hall–Kier alpha value is -8.72. The van der Waals surface area contributed by atoms with Crippen LogP contribution in [0.15, 0.2) is 255 Å². The van der Waals surface area contributed by atoms with Crippen LogP contribution < -0.4 is 0 Å². The SMILES string of the molecule is c1ccc(-c2cc(-c3ccccc3-c3ccccc3)nc(-c3cccc(-c4ccc5c(c4)C4(c6ccccc6-5)c5ccccc5C5(c6ccccc6-c6ccccc65)c5ccccc54)c3)n2)cc1. The predicted octanol–water partition coefficient (Wildman–Crippen LogP) is 15.9. The Kier molecular flexibility index (Phi) is 8.45. The summed E-state index contributed by atoms with van der Waals surface area (Å²) in [6.45, 7) is 0. The summed E-state index contributed by atoms with van der Waals surface area (Å²) < 4.78 is 0. The van der Waals surface area contributed by atoms with Crippen molar-refractivity contribution in [2.75, 3.05) is 0 Å². The van der Waals surface area contributed by atoms with Crippen molar-refractivity contribution in [3.8, 4) is 78.4 Å². The van der Waals surface area contributed by atoms with Crippen LogP contribution in [0.3, 0.4) is 0 Å². The summed E-state index contributed by atoms with van der Waals surface area (Å²) in [5, 5.41) is 0. The number of benzene rings is 10. The first-order valence-corrected chi connectivity index (χ1v) is 23.6. The summed E-state index contributed by atoms with van der Waals surface area (Å²) in [6, 6.07) is 93.6. The normalized spacial score (nSPS) is 13.8. The molecule has 68 heavy (non-hydrogen) atoms. The number of rotatable bonds is 5. The molecule has 2 heteroatoms. The van der Waals surface area contributed by atoms with E-state index in [-0.39, 0.29) is 0 Å². The molecule has 0 saturated carbocycles. The molecule has 0 unspecified atom stereocenters. The molecule has 2 spiro atoms. The first-order valence-electron chi connectivity index (χ1n) is 23.6. The van der Waals surface area contributed by atoms with Gasteiger partial charge in [-0.05, 0) is 107 Å². The lowest BCUT2D eigenvalue weighted by Crippen LogP contribution is -2.43. The van der Waals surface area contributed by atoms with E-state index in [1.807, 2.05) is 0 Å². The fourth-order valence-electron chi connectivity index (χ4n) is 12.3. The third kappa shape index (κ3) is 5.34. The molecule has 2 nitrogen and oxygen atoms in total. The van der Waals surface area contributed by atoms with Crippen LogP contribution in [0.2, 0.25) is 0 Å². The van der Waals surface area contributed by atoms with E-state index in [0.717, 1.165) is 50.3 Å². The van der Waals surface area contributed by atoms with E-state index in [1.165, 1.54) is 66.8 Å². The zero-order chi connectivity index (χ0) is 44.8. The molecule has 3 aliphatic rings. The number of fused-ring (bicyclic) bond motifs is 16. The van der Waals surface area contributed by atoms with Gasteiger partial charge in [-0.15, -0.1) is 0 Å². The average molecular weight is 863 g/mol. The van der Waals surface area contributed by atoms with E-state index >= 15 is 0 Å². The maximum Gasteiger partial charge on any atom is 0.160 e. The first-order chi connectivity index (χ1) is 33.7. The van der Waals surface area contributed by atoms with Gasteiger partial charge in [0.15, 0.2) is 5.82 Å². The molecule has 0 radical (unpaired) electrons. The highest BCUT2D eigenvalue weighted by molar-refractivity contribution is 5.95. The molecule has 0 amide bonds. The summed E-state index contributed by atoms with van der Waals surface area (Å²) in [5.41, 5.74) is 24.2. The van der Waals surface area contributed by atoms with E-state index in [2.05, 4.69) is 255 Å². The van der Waals surface area contributed by atoms with Gasteiger partial charge in [0.1, 0.15) is 0 Å². The molecule has 0 aliphatic heterocycles. The standard InChI is InChI=1S/C66H42N2/c1-3-20-43(21-4-1)48-26-7-8-30-53(48)63-42-62(44-22-5-2-6-23-44)67-64(68-63)47-25-19-24-45(40-47)46-38-39-52-51-29-11-14-33-56(51)66(61(52)41-46)59-36-17-15-34-57(59)65(58-35-16-18-37-60(58)66)54-31-12-9-27-49(54)50-28-10-13-32-55(50)65/h1-42H. The topological polar surface area (TPSA) is 25.8 Å². The quantitative estimate of drug-likeness (QED) is 0.172. The molecule has 0 N–H and O–H groups in total. The number of hydrogen-bond donors (Lipinski definition) is 0. The fourth-order valence-corrected chi connectivity index (χ4v) is 12.3. The van der Waals surface area contributed by atoms with Gasteiger partial charge in [-0.1, -0.05) is 237 Å². The van der Waals surface area contributed by atoms with Crippen molar-refractivity contribution >= 4 is 0 Å². The van der Waals surface area contributed by atoms with Gasteiger partial charge in [0, 0.05) is 16.7 Å². The van der Waals surface area contributed by atoms with E-state index in [0.29, 0.717) is 5.82 Å². The van der Waals surface area contributed by atoms with Crippen molar-refractivity contribution < 1.29 is 0 Å². The molecule has 316 valence electrons. The Morgan fingerprint density at radius 1 is 0.206 bits per heavy atom. The van der Waals surface area contributed by atoms with Crippen LogP contribution in [0.25, 0.3) is 78.4 Å². The Morgan fingerprint density at radius 3 is 1.15 bits per heavy atom. The maximum absolute atomic E-state index is 5.38. The van der Waals surface area contributed by atoms with Crippen molar-refractivity contribution in [3.63, 3.8) is 0 Å². The zero-order valence-corrected chi connectivity index (χ0v) is 37.1. The van der Waals surface area contributed by atoms with Gasteiger partial charge < -0.3 is 0 Å². The van der Waals surface area contributed by atoms with Crippen LogP contribution >= 0.6 is 0 Å². The van der Waals surface area contributed by atoms with Crippen LogP contribution in [0, 0.1) is 0 Å². The summed E-state index contributed by atoms with van der Waals surface area (Å²) in [5.74, 6) is 0.689. The fraction of sp³-hybridized carbons (Fsp3) is 0.0303. The van der Waals surface area contributed by atoms with Gasteiger partial charge in [-0.25, -0.2) is 9.97 Å². The lowest BCUT2D eigenvalue weighted by molar-refractivity contribution is 0.633. The molecule has 0 atom stereocenters. The molecule has 10 aromatic carbocycles. The maximum atomic E-state index is 5.38. The zero-order valence-electron chi connectivity index (χ0n) is 37.1. The van der Waals surface area contributed by atoms with E-state index in [1.54, 1.807) is 0 Å². The molecule has 0 fully saturated rings. The van der Waals surface area contributed by atoms with E-state index in [9.17, 15) is 0 Å². The van der Waals surface area contributed by atoms with Crippen LogP contribution in [0.5, 0.6) is 0 Å². The van der Waals surface area contributed by atoms with Gasteiger partial charge >= 0.3 is 0 Å². The predicted molar refractivity (Wildman–Crippen MR) is 277 cm³/mol. The largest absolute Gasteiger partial charge is 0.228 e. The summed E-state index contributed by atoms with van der Waals surface area (Å²) in [4.78, 5) is 10.7. The monoisotopic (exact) mass is 862 g/mol. The smallest absolute Gasteiger partial charge is 0.160 e. The summed E-state index contributed by atoms with van der Waals surface area (Å²) in [7, 11) is 0. The number of nitrogens with zero attached hydrogens (tertiary/aromatic N) is 2. The highest BCUT2D eigenvalue weighted by atomic mass is 14.9. The lowest BCUT2D eigenvalue weighted by Gasteiger charge is -2.48. The van der Waals surface area contributed by atoms with E-state index in [4.69, 9.17) is 9.97 Å². The van der Waals surface area contributed by atoms with Gasteiger partial charge in [0.25, 0.3) is 0 Å². The van der Waals surface area contributed by atoms with Crippen molar-refractivity contribution in [2.45, 2.75) is 10.8 Å². The van der Waals surface area contributed by atoms with E-state index < -0.39 is 10.8 Å². The van der Waals surface area contributed by atoms with Gasteiger partial charge in [-0.2, -0.15) is 0 Å². The van der Waals surface area contributed by atoms with Crippen molar-refractivity contribution in [2.24, 2.45) is 0 Å². The second kappa shape index (κ2) is 14.9. The van der Waals surface area contributed by atoms with Crippen LogP contribution in [0.4, 0.5) is 0 Å². The summed E-state index contributed by atoms with van der Waals surface area (Å²) >= 11 is 0. The Bertz CT molecular complexity index is 3710. The molecule has 1 heterocycles. The van der Waals surface area contributed by atoms with Gasteiger partial charge in [0.05, 0.1) is 22.2 Å². The minimum atomic E-state index is -0.571. The van der Waals surface area contributed by atoms with Crippen molar-refractivity contribution in [1.29, 1.82) is 0 Å². The van der Waals surface area contributed by atoms with Gasteiger partial charge in [0.2, 0.25) is 0 Å². The van der Waals surface area contributed by atoms with Crippen molar-refractivity contribution in [1.82, 2.24) is 9.97 Å². The minimum Gasteiger partial charge on any atom is -0.228 e. The Balaban J connectivity index is 0.973. The summed E-state index contributed by atoms with van der Waals surface area (Å²) in [6.07, 6.45) is 0. The molecule has 3 aliphatic carbocycles. The molecule has 0 bridgehead atoms. The molecular weight excluding hydrogens is 821 g/mol. The van der Waals surface area contributed by atoms with Crippen LogP contribution in [-0.4, -0.2) is 9.97 Å². The molecule has 1 aromatic heterocycles. The first kappa shape index (κ1) is 38.5. The third-order valence-electron chi connectivity index (χ3n) is 15.0.